The van der Waals surface area contributed by atoms with Crippen molar-refractivity contribution in [3.05, 3.63) is 71.3 Å². The number of alkyl halides is 6. The number of carboxylic acids is 2. The van der Waals surface area contributed by atoms with Crippen molar-refractivity contribution in [1.82, 2.24) is 10.3 Å². The van der Waals surface area contributed by atoms with Gasteiger partial charge in [0.15, 0.2) is 11.6 Å². The largest absolute Gasteiger partial charge is 0.490 e. The summed E-state index contributed by atoms with van der Waals surface area (Å²) in [6, 6.07) is 15.2. The molecule has 4 rings (SSSR count). The van der Waals surface area contributed by atoms with Crippen LogP contribution in [0.15, 0.2) is 48.5 Å². The Bertz CT molecular complexity index is 1330. The fourth-order valence-electron chi connectivity index (χ4n) is 3.99. The van der Waals surface area contributed by atoms with Crippen LogP contribution >= 0.6 is 0 Å². The maximum atomic E-state index is 13.3. The van der Waals surface area contributed by atoms with Gasteiger partial charge in [0, 0.05) is 24.0 Å². The van der Waals surface area contributed by atoms with Crippen LogP contribution in [-0.2, 0) is 16.1 Å². The molecule has 4 N–H and O–H groups in total. The molecule has 1 aliphatic rings. The molecular formula is C27H27F8N3O4. The Morgan fingerprint density at radius 1 is 0.833 bits per heavy atom. The van der Waals surface area contributed by atoms with Crippen LogP contribution in [0.3, 0.4) is 0 Å². The smallest absolute Gasteiger partial charge is 0.475 e. The molecule has 0 saturated heterocycles. The van der Waals surface area contributed by atoms with Crippen LogP contribution in [-0.4, -0.2) is 51.6 Å². The average molecular weight is 610 g/mol. The van der Waals surface area contributed by atoms with E-state index in [1.54, 1.807) is 6.07 Å². The minimum Gasteiger partial charge on any atom is -0.475 e. The highest BCUT2D eigenvalue weighted by Crippen LogP contribution is 2.25. The summed E-state index contributed by atoms with van der Waals surface area (Å²) in [5.74, 6) is -6.16. The summed E-state index contributed by atoms with van der Waals surface area (Å²) in [5.41, 5.74) is 3.02. The summed E-state index contributed by atoms with van der Waals surface area (Å²) in [7, 11) is 0. The lowest BCUT2D eigenvalue weighted by Gasteiger charge is -2.30. The van der Waals surface area contributed by atoms with Crippen LogP contribution in [0.1, 0.15) is 36.8 Å². The zero-order valence-corrected chi connectivity index (χ0v) is 22.0. The van der Waals surface area contributed by atoms with Crippen LogP contribution in [0.2, 0.25) is 0 Å². The highest BCUT2D eigenvalue weighted by molar-refractivity contribution is 5.83. The molecule has 3 aromatic rings. The summed E-state index contributed by atoms with van der Waals surface area (Å²) in [5, 5.41) is 22.5. The van der Waals surface area contributed by atoms with Gasteiger partial charge >= 0.3 is 24.3 Å². The first-order valence-electron chi connectivity index (χ1n) is 12.4. The summed E-state index contributed by atoms with van der Waals surface area (Å²) < 4.78 is 89.8. The average Bonchev–Trinajstić information content (AvgIpc) is 2.90. The molecule has 0 atom stereocenters. The first kappa shape index (κ1) is 34.2. The molecule has 0 amide bonds. The number of benzene rings is 2. The lowest BCUT2D eigenvalue weighted by Crippen LogP contribution is -2.36. The molecule has 1 saturated carbocycles. The Labute approximate surface area is 234 Å². The number of rotatable bonds is 5. The van der Waals surface area contributed by atoms with Crippen molar-refractivity contribution in [2.24, 2.45) is 0 Å². The number of hydrogen-bond donors (Lipinski definition) is 4. The maximum absolute atomic E-state index is 13.3. The van der Waals surface area contributed by atoms with Crippen LogP contribution < -0.4 is 10.6 Å². The van der Waals surface area contributed by atoms with Crippen molar-refractivity contribution in [2.75, 3.05) is 5.32 Å². The van der Waals surface area contributed by atoms with Crippen molar-refractivity contribution >= 4 is 28.7 Å². The van der Waals surface area contributed by atoms with Crippen LogP contribution in [0, 0.1) is 18.6 Å². The first-order chi connectivity index (χ1) is 19.5. The minimum absolute atomic E-state index is 0.400. The quantitative estimate of drug-likeness (QED) is 0.241. The third kappa shape index (κ3) is 11.1. The van der Waals surface area contributed by atoms with E-state index in [9.17, 15) is 35.1 Å². The molecule has 0 radical (unpaired) electrons. The number of halogens is 8. The van der Waals surface area contributed by atoms with E-state index in [2.05, 4.69) is 29.7 Å². The zero-order chi connectivity index (χ0) is 31.7. The van der Waals surface area contributed by atoms with E-state index >= 15 is 0 Å². The van der Waals surface area contributed by atoms with Gasteiger partial charge in [0.05, 0.1) is 5.52 Å². The zero-order valence-electron chi connectivity index (χ0n) is 22.0. The Balaban J connectivity index is 0.000000367. The molecule has 0 aliphatic heterocycles. The fourth-order valence-corrected chi connectivity index (χ4v) is 3.99. The van der Waals surface area contributed by atoms with Crippen LogP contribution in [0.5, 0.6) is 0 Å². The van der Waals surface area contributed by atoms with Gasteiger partial charge in [-0.1, -0.05) is 24.3 Å². The number of aryl methyl sites for hydroxylation is 1. The van der Waals surface area contributed by atoms with Crippen molar-refractivity contribution < 1.29 is 54.9 Å². The third-order valence-electron chi connectivity index (χ3n) is 6.07. The normalized spacial score (nSPS) is 16.9. The van der Waals surface area contributed by atoms with Crippen molar-refractivity contribution in [3.8, 4) is 0 Å². The molecule has 0 unspecified atom stereocenters. The second kappa shape index (κ2) is 14.8. The van der Waals surface area contributed by atoms with E-state index in [-0.39, 0.29) is 0 Å². The molecule has 15 heteroatoms. The Hall–Kier alpha value is -4.01. The van der Waals surface area contributed by atoms with Gasteiger partial charge in [-0.2, -0.15) is 26.3 Å². The second-order valence-corrected chi connectivity index (χ2v) is 9.27. The van der Waals surface area contributed by atoms with Gasteiger partial charge in [-0.25, -0.2) is 23.4 Å². The molecule has 42 heavy (non-hydrogen) atoms. The molecule has 1 aliphatic carbocycles. The predicted octanol–water partition coefficient (Wildman–Crippen LogP) is 6.60. The number of carbonyl (C=O) groups is 2. The van der Waals surface area contributed by atoms with E-state index in [1.807, 2.05) is 18.2 Å². The predicted molar refractivity (Wildman–Crippen MR) is 137 cm³/mol. The van der Waals surface area contributed by atoms with E-state index in [4.69, 9.17) is 24.8 Å². The Morgan fingerprint density at radius 2 is 1.36 bits per heavy atom. The number of carboxylic acid groups (broad SMARTS) is 2. The van der Waals surface area contributed by atoms with Crippen molar-refractivity contribution in [2.45, 2.75) is 63.6 Å². The van der Waals surface area contributed by atoms with Gasteiger partial charge in [-0.15, -0.1) is 0 Å². The number of para-hydroxylation sites is 1. The van der Waals surface area contributed by atoms with Gasteiger partial charge < -0.3 is 20.8 Å². The van der Waals surface area contributed by atoms with Gasteiger partial charge in [0.25, 0.3) is 0 Å². The SMILES string of the molecule is Cc1cc(NC2CCC(NCc3ccc(F)c(F)c3)CC2)nc2ccccc12.O=C(O)C(F)(F)F.O=C(O)C(F)(F)F. The number of nitrogens with zero attached hydrogens (tertiary/aromatic N) is 1. The number of fused-ring (bicyclic) bond motifs is 1. The van der Waals surface area contributed by atoms with Crippen LogP contribution in [0.4, 0.5) is 40.9 Å². The lowest BCUT2D eigenvalue weighted by molar-refractivity contribution is -0.193. The number of pyridine rings is 1. The van der Waals surface area contributed by atoms with Crippen molar-refractivity contribution in [3.63, 3.8) is 0 Å². The molecular weight excluding hydrogens is 582 g/mol. The number of anilines is 1. The molecule has 2 aromatic carbocycles. The van der Waals surface area contributed by atoms with E-state index < -0.39 is 35.9 Å². The number of aromatic nitrogens is 1. The Kier molecular flexibility index (Phi) is 12.0. The van der Waals surface area contributed by atoms with Crippen LogP contribution in [0.25, 0.3) is 10.9 Å². The molecule has 0 spiro atoms. The number of nitrogens with one attached hydrogen (secondary N) is 2. The standard InChI is InChI=1S/C23H25F2N3.2C2HF3O2/c1-15-12-23(28-22-5-3-2-4-19(15)22)27-18-9-7-17(8-10-18)26-14-16-6-11-20(24)21(25)13-16;2*3-2(4,5)1(6)7/h2-6,11-13,17-18,26H,7-10,14H2,1H3,(H,27,28);2*(H,6,7). The summed E-state index contributed by atoms with van der Waals surface area (Å²) in [6.07, 6.45) is -5.95. The highest BCUT2D eigenvalue weighted by atomic mass is 19.4. The molecule has 0 bridgehead atoms. The summed E-state index contributed by atoms with van der Waals surface area (Å²) in [6.45, 7) is 2.68. The second-order valence-electron chi connectivity index (χ2n) is 9.27. The maximum Gasteiger partial charge on any atom is 0.490 e. The molecule has 1 aromatic heterocycles. The summed E-state index contributed by atoms with van der Waals surface area (Å²) in [4.78, 5) is 22.5. The van der Waals surface area contributed by atoms with Gasteiger partial charge in [-0.3, -0.25) is 0 Å². The molecule has 230 valence electrons. The van der Waals surface area contributed by atoms with E-state index in [0.717, 1.165) is 42.6 Å². The Morgan fingerprint density at radius 3 is 1.88 bits per heavy atom. The van der Waals surface area contributed by atoms with E-state index in [0.29, 0.717) is 18.6 Å². The van der Waals surface area contributed by atoms with E-state index in [1.165, 1.54) is 23.1 Å². The number of hydrogen-bond acceptors (Lipinski definition) is 5. The van der Waals surface area contributed by atoms with Gasteiger partial charge in [-0.05, 0) is 68.0 Å². The molecule has 7 nitrogen and oxygen atoms in total. The molecule has 1 fully saturated rings. The topological polar surface area (TPSA) is 112 Å². The number of aliphatic carboxylic acids is 2. The highest BCUT2D eigenvalue weighted by Gasteiger charge is 2.38. The fraction of sp³-hybridized carbons (Fsp3) is 0.370. The van der Waals surface area contributed by atoms with Gasteiger partial charge in [0.2, 0.25) is 0 Å². The molecule has 1 heterocycles. The lowest BCUT2D eigenvalue weighted by atomic mass is 9.91. The third-order valence-corrected chi connectivity index (χ3v) is 6.07. The van der Waals surface area contributed by atoms with Crippen molar-refractivity contribution in [1.29, 1.82) is 0 Å². The van der Waals surface area contributed by atoms with Gasteiger partial charge in [0.1, 0.15) is 5.82 Å². The first-order valence-corrected chi connectivity index (χ1v) is 12.4. The summed E-state index contributed by atoms with van der Waals surface area (Å²) >= 11 is 0. The minimum atomic E-state index is -5.08. The monoisotopic (exact) mass is 609 g/mol.